The monoisotopic (exact) mass is 237 g/mol. The number of pyridine rings is 2. The van der Waals surface area contributed by atoms with Crippen molar-refractivity contribution < 1.29 is 0 Å². The second kappa shape index (κ2) is 4.75. The Hall–Kier alpha value is -2.56. The van der Waals surface area contributed by atoms with Gasteiger partial charge in [0, 0.05) is 18.6 Å². The summed E-state index contributed by atoms with van der Waals surface area (Å²) >= 11 is 0. The van der Waals surface area contributed by atoms with Gasteiger partial charge in [-0.3, -0.25) is 9.97 Å². The zero-order chi connectivity index (χ0) is 12.2. The van der Waals surface area contributed by atoms with Crippen molar-refractivity contribution in [2.24, 2.45) is 0 Å². The Morgan fingerprint density at radius 1 is 0.944 bits per heavy atom. The molecule has 88 valence electrons. The van der Waals surface area contributed by atoms with Gasteiger partial charge in [-0.1, -0.05) is 11.3 Å². The first kappa shape index (κ1) is 10.6. The predicted octanol–water partition coefficient (Wildman–Crippen LogP) is 1.78. The third-order valence-electron chi connectivity index (χ3n) is 2.56. The Morgan fingerprint density at radius 3 is 2.61 bits per heavy atom. The summed E-state index contributed by atoms with van der Waals surface area (Å²) in [5.41, 5.74) is 2.76. The first-order valence-corrected chi connectivity index (χ1v) is 5.62. The van der Waals surface area contributed by atoms with Gasteiger partial charge in [-0.2, -0.15) is 0 Å². The Bertz CT molecular complexity index is 618. The molecule has 3 heterocycles. The minimum absolute atomic E-state index is 0.683. The van der Waals surface area contributed by atoms with E-state index in [-0.39, 0.29) is 0 Å². The van der Waals surface area contributed by atoms with E-state index >= 15 is 0 Å². The molecule has 3 rings (SSSR count). The third kappa shape index (κ3) is 2.24. The van der Waals surface area contributed by atoms with Crippen molar-refractivity contribution in [3.8, 4) is 11.4 Å². The molecule has 0 saturated heterocycles. The molecule has 5 heteroatoms. The van der Waals surface area contributed by atoms with Crippen LogP contribution in [-0.4, -0.2) is 25.0 Å². The van der Waals surface area contributed by atoms with Gasteiger partial charge >= 0.3 is 0 Å². The largest absolute Gasteiger partial charge is 0.265 e. The molecule has 5 nitrogen and oxygen atoms in total. The minimum atomic E-state index is 0.683. The second-order valence-electron chi connectivity index (χ2n) is 3.87. The first-order valence-electron chi connectivity index (χ1n) is 5.62. The van der Waals surface area contributed by atoms with Gasteiger partial charge in [0.15, 0.2) is 0 Å². The summed E-state index contributed by atoms with van der Waals surface area (Å²) in [6.07, 6.45) is 7.18. The van der Waals surface area contributed by atoms with Crippen LogP contribution in [0.5, 0.6) is 0 Å². The van der Waals surface area contributed by atoms with Crippen LogP contribution in [0, 0.1) is 0 Å². The van der Waals surface area contributed by atoms with Crippen molar-refractivity contribution in [2.45, 2.75) is 6.54 Å². The molecule has 0 saturated carbocycles. The van der Waals surface area contributed by atoms with Gasteiger partial charge in [-0.05, 0) is 29.8 Å². The first-order chi connectivity index (χ1) is 8.92. The molecule has 18 heavy (non-hydrogen) atoms. The van der Waals surface area contributed by atoms with Crippen molar-refractivity contribution in [1.29, 1.82) is 0 Å². The zero-order valence-electron chi connectivity index (χ0n) is 9.64. The van der Waals surface area contributed by atoms with Gasteiger partial charge in [-0.15, -0.1) is 5.10 Å². The predicted molar refractivity (Wildman–Crippen MR) is 66.6 cm³/mol. The summed E-state index contributed by atoms with van der Waals surface area (Å²) in [5.74, 6) is 0. The molecule has 0 spiro atoms. The van der Waals surface area contributed by atoms with Gasteiger partial charge in [-0.25, -0.2) is 4.68 Å². The molecule has 0 aromatic carbocycles. The summed E-state index contributed by atoms with van der Waals surface area (Å²) in [6, 6.07) is 9.65. The Labute approximate surface area is 104 Å². The van der Waals surface area contributed by atoms with E-state index in [1.807, 2.05) is 36.5 Å². The maximum absolute atomic E-state index is 4.24. The smallest absolute Gasteiger partial charge is 0.131 e. The van der Waals surface area contributed by atoms with E-state index in [2.05, 4.69) is 20.3 Å². The highest BCUT2D eigenvalue weighted by Gasteiger charge is 2.04. The normalized spacial score (nSPS) is 10.4. The third-order valence-corrected chi connectivity index (χ3v) is 2.56. The molecule has 0 aliphatic rings. The van der Waals surface area contributed by atoms with Crippen LogP contribution in [0.2, 0.25) is 0 Å². The van der Waals surface area contributed by atoms with Gasteiger partial charge < -0.3 is 0 Å². The van der Waals surface area contributed by atoms with Crippen LogP contribution in [0.3, 0.4) is 0 Å². The van der Waals surface area contributed by atoms with Crippen LogP contribution >= 0.6 is 0 Å². The van der Waals surface area contributed by atoms with E-state index in [9.17, 15) is 0 Å². The maximum atomic E-state index is 4.24. The average molecular weight is 237 g/mol. The number of aromatic nitrogens is 5. The van der Waals surface area contributed by atoms with Gasteiger partial charge in [0.1, 0.15) is 5.69 Å². The standard InChI is InChI=1S/C13H11N5/c1-2-6-15-12(3-1)13-10-18(17-16-13)9-11-4-7-14-8-5-11/h1-8,10H,9H2. The molecule has 0 bridgehead atoms. The van der Waals surface area contributed by atoms with Crippen LogP contribution in [0.4, 0.5) is 0 Å². The molecule has 0 fully saturated rings. The van der Waals surface area contributed by atoms with Crippen LogP contribution in [0.1, 0.15) is 5.56 Å². The lowest BCUT2D eigenvalue weighted by atomic mass is 10.2. The van der Waals surface area contributed by atoms with E-state index in [4.69, 9.17) is 0 Å². The highest BCUT2D eigenvalue weighted by molar-refractivity contribution is 5.51. The van der Waals surface area contributed by atoms with Crippen molar-refractivity contribution in [2.75, 3.05) is 0 Å². The number of rotatable bonds is 3. The lowest BCUT2D eigenvalue weighted by molar-refractivity contribution is 0.649. The lowest BCUT2D eigenvalue weighted by Crippen LogP contribution is -2.00. The van der Waals surface area contributed by atoms with E-state index in [1.165, 1.54) is 0 Å². The fraction of sp³-hybridized carbons (Fsp3) is 0.0769. The quantitative estimate of drug-likeness (QED) is 0.696. The molecule has 3 aromatic rings. The number of nitrogens with zero attached hydrogens (tertiary/aromatic N) is 5. The summed E-state index contributed by atoms with van der Waals surface area (Å²) in [7, 11) is 0. The van der Waals surface area contributed by atoms with E-state index in [0.717, 1.165) is 17.0 Å². The zero-order valence-corrected chi connectivity index (χ0v) is 9.64. The molecule has 3 aromatic heterocycles. The van der Waals surface area contributed by atoms with Gasteiger partial charge in [0.25, 0.3) is 0 Å². The minimum Gasteiger partial charge on any atom is -0.265 e. The summed E-state index contributed by atoms with van der Waals surface area (Å²) in [4.78, 5) is 8.23. The van der Waals surface area contributed by atoms with Crippen LogP contribution in [-0.2, 0) is 6.54 Å². The molecule has 0 unspecified atom stereocenters. The summed E-state index contributed by atoms with van der Waals surface area (Å²) in [5, 5.41) is 8.21. The molecule has 0 N–H and O–H groups in total. The van der Waals surface area contributed by atoms with Crippen LogP contribution in [0.25, 0.3) is 11.4 Å². The van der Waals surface area contributed by atoms with Crippen LogP contribution in [0.15, 0.2) is 55.1 Å². The van der Waals surface area contributed by atoms with Crippen LogP contribution < -0.4 is 0 Å². The molecule has 0 aliphatic heterocycles. The molecule has 0 atom stereocenters. The van der Waals surface area contributed by atoms with E-state index in [0.29, 0.717) is 6.54 Å². The van der Waals surface area contributed by atoms with Gasteiger partial charge in [0.2, 0.25) is 0 Å². The fourth-order valence-corrected chi connectivity index (χ4v) is 1.68. The number of hydrogen-bond donors (Lipinski definition) is 0. The topological polar surface area (TPSA) is 56.5 Å². The van der Waals surface area contributed by atoms with Crippen molar-refractivity contribution >= 4 is 0 Å². The van der Waals surface area contributed by atoms with Gasteiger partial charge in [0.05, 0.1) is 18.4 Å². The second-order valence-corrected chi connectivity index (χ2v) is 3.87. The molecule has 0 aliphatic carbocycles. The number of hydrogen-bond acceptors (Lipinski definition) is 4. The average Bonchev–Trinajstić information content (AvgIpc) is 2.89. The van der Waals surface area contributed by atoms with Crippen molar-refractivity contribution in [3.63, 3.8) is 0 Å². The highest BCUT2D eigenvalue weighted by Crippen LogP contribution is 2.12. The Morgan fingerprint density at radius 2 is 1.83 bits per heavy atom. The molecule has 0 amide bonds. The van der Waals surface area contributed by atoms with Crippen molar-refractivity contribution in [1.82, 2.24) is 25.0 Å². The molecular weight excluding hydrogens is 226 g/mol. The maximum Gasteiger partial charge on any atom is 0.131 e. The summed E-state index contributed by atoms with van der Waals surface area (Å²) in [6.45, 7) is 0.683. The summed E-state index contributed by atoms with van der Waals surface area (Å²) < 4.78 is 1.79. The van der Waals surface area contributed by atoms with E-state index < -0.39 is 0 Å². The van der Waals surface area contributed by atoms with E-state index in [1.54, 1.807) is 23.3 Å². The van der Waals surface area contributed by atoms with Crippen molar-refractivity contribution in [3.05, 3.63) is 60.7 Å². The Kier molecular flexibility index (Phi) is 2.79. The molecular formula is C13H11N5. The molecule has 0 radical (unpaired) electrons. The fourth-order valence-electron chi connectivity index (χ4n) is 1.68. The lowest BCUT2D eigenvalue weighted by Gasteiger charge is -1.98. The SMILES string of the molecule is c1ccc(-c2cn(Cc3ccncc3)nn2)nc1. The Balaban J connectivity index is 1.82. The highest BCUT2D eigenvalue weighted by atomic mass is 15.4.